The number of para-hydroxylation sites is 3. The molecular formula is C55H35N3O. The van der Waals surface area contributed by atoms with E-state index >= 15 is 0 Å². The average Bonchev–Trinajstić information content (AvgIpc) is 3.91. The normalized spacial score (nSPS) is 11.7. The van der Waals surface area contributed by atoms with E-state index in [-0.39, 0.29) is 0 Å². The Morgan fingerprint density at radius 2 is 1.05 bits per heavy atom. The van der Waals surface area contributed by atoms with Crippen LogP contribution in [0, 0.1) is 0 Å². The summed E-state index contributed by atoms with van der Waals surface area (Å²) in [6.07, 6.45) is 0. The summed E-state index contributed by atoms with van der Waals surface area (Å²) in [5, 5.41) is 9.61. The fourth-order valence-electron chi connectivity index (χ4n) is 9.13. The Labute approximate surface area is 340 Å². The number of hydrogen-bond acceptors (Lipinski definition) is 3. The third-order valence-corrected chi connectivity index (χ3v) is 11.8. The van der Waals surface area contributed by atoms with Crippen molar-refractivity contribution in [2.75, 3.05) is 4.90 Å². The first-order chi connectivity index (χ1) is 29.3. The first-order valence-corrected chi connectivity index (χ1v) is 20.0. The van der Waals surface area contributed by atoms with E-state index in [1.807, 2.05) is 36.4 Å². The predicted octanol–water partition coefficient (Wildman–Crippen LogP) is 15.2. The molecule has 276 valence electrons. The zero-order valence-corrected chi connectivity index (χ0v) is 32.0. The lowest BCUT2D eigenvalue weighted by Crippen LogP contribution is -2.11. The molecule has 0 saturated carbocycles. The van der Waals surface area contributed by atoms with E-state index in [2.05, 4.69) is 185 Å². The van der Waals surface area contributed by atoms with Crippen LogP contribution >= 0.6 is 0 Å². The number of hydrogen-bond donors (Lipinski definition) is 0. The molecule has 0 N–H and O–H groups in total. The smallest absolute Gasteiger partial charge is 0.227 e. The first-order valence-electron chi connectivity index (χ1n) is 20.0. The van der Waals surface area contributed by atoms with Crippen LogP contribution in [-0.4, -0.2) is 9.55 Å². The monoisotopic (exact) mass is 753 g/mol. The number of fused-ring (bicyclic) bond motifs is 9. The van der Waals surface area contributed by atoms with Crippen molar-refractivity contribution >= 4 is 82.3 Å². The molecule has 0 saturated heterocycles. The van der Waals surface area contributed by atoms with Crippen LogP contribution in [0.3, 0.4) is 0 Å². The lowest BCUT2D eigenvalue weighted by Gasteiger charge is -2.29. The maximum Gasteiger partial charge on any atom is 0.227 e. The van der Waals surface area contributed by atoms with Gasteiger partial charge in [0, 0.05) is 44.0 Å². The largest absolute Gasteiger partial charge is 0.435 e. The molecule has 12 rings (SSSR count). The highest BCUT2D eigenvalue weighted by molar-refractivity contribution is 6.26. The van der Waals surface area contributed by atoms with Crippen molar-refractivity contribution in [3.8, 4) is 28.3 Å². The van der Waals surface area contributed by atoms with Crippen molar-refractivity contribution in [2.45, 2.75) is 0 Å². The molecule has 10 aromatic carbocycles. The van der Waals surface area contributed by atoms with Crippen molar-refractivity contribution < 1.29 is 4.42 Å². The van der Waals surface area contributed by atoms with Crippen molar-refractivity contribution in [1.29, 1.82) is 0 Å². The minimum Gasteiger partial charge on any atom is -0.435 e. The van der Waals surface area contributed by atoms with Gasteiger partial charge in [0.15, 0.2) is 5.58 Å². The Bertz CT molecular complexity index is 3550. The molecule has 4 nitrogen and oxygen atoms in total. The van der Waals surface area contributed by atoms with E-state index in [1.165, 1.54) is 54.1 Å². The second kappa shape index (κ2) is 13.3. The van der Waals surface area contributed by atoms with Crippen LogP contribution in [0.15, 0.2) is 217 Å². The quantitative estimate of drug-likeness (QED) is 0.159. The Morgan fingerprint density at radius 1 is 0.441 bits per heavy atom. The van der Waals surface area contributed by atoms with Crippen LogP contribution < -0.4 is 4.90 Å². The number of aromatic nitrogens is 2. The Hall–Kier alpha value is -7.95. The molecule has 4 heteroatoms. The maximum atomic E-state index is 6.49. The molecule has 12 aromatic rings. The standard InChI is InChI=1S/C55H35N3O/c1-3-16-37(17-4-1)55-56-48-28-15-27-44(54(48)59-55)36-30-32-41(33-31-36)57(50-34-38-18-7-9-22-42(38)45-24-11-12-25-46(45)50)51-35-39-19-8-10-23-43(39)53-52(51)47-26-13-14-29-49(47)58(53)40-20-5-2-6-21-40/h1-35H. The van der Waals surface area contributed by atoms with Crippen molar-refractivity contribution in [1.82, 2.24) is 9.55 Å². The number of rotatable bonds is 6. The Balaban J connectivity index is 1.15. The van der Waals surface area contributed by atoms with Gasteiger partial charge in [0.25, 0.3) is 0 Å². The van der Waals surface area contributed by atoms with Gasteiger partial charge in [-0.05, 0) is 87.8 Å². The zero-order valence-electron chi connectivity index (χ0n) is 32.0. The highest BCUT2D eigenvalue weighted by Gasteiger charge is 2.25. The molecule has 0 aliphatic carbocycles. The fourth-order valence-corrected chi connectivity index (χ4v) is 9.13. The second-order valence-electron chi connectivity index (χ2n) is 15.1. The zero-order chi connectivity index (χ0) is 38.9. The van der Waals surface area contributed by atoms with Gasteiger partial charge in [-0.2, -0.15) is 0 Å². The molecule has 0 atom stereocenters. The van der Waals surface area contributed by atoms with Gasteiger partial charge in [-0.3, -0.25) is 0 Å². The van der Waals surface area contributed by atoms with Gasteiger partial charge in [-0.15, -0.1) is 0 Å². The SMILES string of the molecule is c1ccc(-c2nc3cccc(-c4ccc(N(c5cc6ccccc6c6ccccc56)c5cc6ccccc6c6c5c5ccccc5n6-c5ccccc5)cc4)c3o2)cc1. The summed E-state index contributed by atoms with van der Waals surface area (Å²) in [4.78, 5) is 7.36. The van der Waals surface area contributed by atoms with Gasteiger partial charge >= 0.3 is 0 Å². The highest BCUT2D eigenvalue weighted by atomic mass is 16.3. The van der Waals surface area contributed by atoms with Crippen LogP contribution in [0.5, 0.6) is 0 Å². The molecule has 0 spiro atoms. The molecule has 0 bridgehead atoms. The van der Waals surface area contributed by atoms with Crippen LogP contribution in [0.25, 0.3) is 93.5 Å². The molecule has 0 fully saturated rings. The average molecular weight is 754 g/mol. The van der Waals surface area contributed by atoms with Gasteiger partial charge in [0.05, 0.1) is 22.4 Å². The molecule has 2 heterocycles. The Morgan fingerprint density at radius 3 is 1.83 bits per heavy atom. The molecule has 2 aromatic heterocycles. The van der Waals surface area contributed by atoms with Crippen molar-refractivity contribution in [3.63, 3.8) is 0 Å². The van der Waals surface area contributed by atoms with Gasteiger partial charge < -0.3 is 13.9 Å². The number of benzene rings is 10. The third-order valence-electron chi connectivity index (χ3n) is 11.8. The topological polar surface area (TPSA) is 34.2 Å². The number of oxazole rings is 1. The summed E-state index contributed by atoms with van der Waals surface area (Å²) >= 11 is 0. The molecule has 59 heavy (non-hydrogen) atoms. The van der Waals surface area contributed by atoms with E-state index < -0.39 is 0 Å². The minimum atomic E-state index is 0.619. The molecule has 0 radical (unpaired) electrons. The summed E-state index contributed by atoms with van der Waals surface area (Å²) < 4.78 is 8.93. The lowest BCUT2D eigenvalue weighted by molar-refractivity contribution is 0.621. The summed E-state index contributed by atoms with van der Waals surface area (Å²) in [5.74, 6) is 0.619. The Kier molecular flexibility index (Phi) is 7.50. The molecule has 0 amide bonds. The molecule has 0 aliphatic rings. The van der Waals surface area contributed by atoms with Crippen LogP contribution in [0.1, 0.15) is 0 Å². The van der Waals surface area contributed by atoms with Crippen LogP contribution in [-0.2, 0) is 0 Å². The van der Waals surface area contributed by atoms with Gasteiger partial charge in [-0.1, -0.05) is 152 Å². The lowest BCUT2D eigenvalue weighted by atomic mass is 9.97. The summed E-state index contributed by atoms with van der Waals surface area (Å²) in [6, 6.07) is 75.9. The van der Waals surface area contributed by atoms with Gasteiger partial charge in [0.2, 0.25) is 5.89 Å². The third kappa shape index (κ3) is 5.27. The minimum absolute atomic E-state index is 0.619. The highest BCUT2D eigenvalue weighted by Crippen LogP contribution is 2.49. The summed E-state index contributed by atoms with van der Waals surface area (Å²) in [5.41, 5.74) is 11.4. The predicted molar refractivity (Wildman–Crippen MR) is 246 cm³/mol. The fraction of sp³-hybridized carbons (Fsp3) is 0. The van der Waals surface area contributed by atoms with E-state index in [1.54, 1.807) is 0 Å². The van der Waals surface area contributed by atoms with Gasteiger partial charge in [0.1, 0.15) is 5.52 Å². The second-order valence-corrected chi connectivity index (χ2v) is 15.1. The summed E-state index contributed by atoms with van der Waals surface area (Å²) in [7, 11) is 0. The number of anilines is 3. The summed E-state index contributed by atoms with van der Waals surface area (Å²) in [6.45, 7) is 0. The van der Waals surface area contributed by atoms with E-state index in [9.17, 15) is 0 Å². The molecule has 0 unspecified atom stereocenters. The van der Waals surface area contributed by atoms with Crippen LogP contribution in [0.4, 0.5) is 17.1 Å². The van der Waals surface area contributed by atoms with E-state index in [0.29, 0.717) is 5.89 Å². The van der Waals surface area contributed by atoms with Crippen molar-refractivity contribution in [2.24, 2.45) is 0 Å². The van der Waals surface area contributed by atoms with Crippen molar-refractivity contribution in [3.05, 3.63) is 212 Å². The first kappa shape index (κ1) is 33.2. The van der Waals surface area contributed by atoms with Gasteiger partial charge in [-0.25, -0.2) is 4.98 Å². The van der Waals surface area contributed by atoms with Crippen LogP contribution in [0.2, 0.25) is 0 Å². The number of nitrogens with zero attached hydrogens (tertiary/aromatic N) is 3. The molecule has 0 aliphatic heterocycles. The molecular weight excluding hydrogens is 719 g/mol. The maximum absolute atomic E-state index is 6.49. The van der Waals surface area contributed by atoms with E-state index in [4.69, 9.17) is 9.40 Å². The van der Waals surface area contributed by atoms with E-state index in [0.717, 1.165) is 50.5 Å².